The number of benzene rings is 3. The molecule has 0 saturated heterocycles. The minimum absolute atomic E-state index is 0.140. The van der Waals surface area contributed by atoms with Crippen molar-refractivity contribution in [2.75, 3.05) is 7.11 Å². The third-order valence-electron chi connectivity index (χ3n) is 4.10. The molecule has 0 aromatic heterocycles. The number of carbonyl (C=O) groups excluding carboxylic acids is 1. The van der Waals surface area contributed by atoms with Gasteiger partial charge >= 0.3 is 0 Å². The highest BCUT2D eigenvalue weighted by Gasteiger charge is 2.15. The Morgan fingerprint density at radius 3 is 1.88 bits per heavy atom. The van der Waals surface area contributed by atoms with Gasteiger partial charge in [0.15, 0.2) is 0 Å². The van der Waals surface area contributed by atoms with Crippen molar-refractivity contribution in [3.63, 3.8) is 0 Å². The van der Waals surface area contributed by atoms with Gasteiger partial charge in [0.1, 0.15) is 5.75 Å². The van der Waals surface area contributed by atoms with Crippen molar-refractivity contribution in [1.82, 2.24) is 5.32 Å². The summed E-state index contributed by atoms with van der Waals surface area (Å²) in [5.74, 6) is 0.651. The van der Waals surface area contributed by atoms with Crippen LogP contribution in [0, 0.1) is 0 Å². The third-order valence-corrected chi connectivity index (χ3v) is 4.10. The first-order valence-electron chi connectivity index (χ1n) is 8.49. The Morgan fingerprint density at radius 1 is 0.846 bits per heavy atom. The van der Waals surface area contributed by atoms with Gasteiger partial charge in [0, 0.05) is 6.08 Å². The van der Waals surface area contributed by atoms with Gasteiger partial charge in [-0.15, -0.1) is 0 Å². The summed E-state index contributed by atoms with van der Waals surface area (Å²) in [7, 11) is 1.63. The summed E-state index contributed by atoms with van der Waals surface area (Å²) >= 11 is 0. The largest absolute Gasteiger partial charge is 0.497 e. The predicted molar refractivity (Wildman–Crippen MR) is 105 cm³/mol. The number of hydrogen-bond donors (Lipinski definition) is 1. The van der Waals surface area contributed by atoms with E-state index in [4.69, 9.17) is 4.74 Å². The molecule has 130 valence electrons. The fourth-order valence-electron chi connectivity index (χ4n) is 2.73. The molecule has 0 radical (unpaired) electrons. The summed E-state index contributed by atoms with van der Waals surface area (Å²) in [6.45, 7) is 0. The number of nitrogens with one attached hydrogen (secondary N) is 1. The zero-order valence-electron chi connectivity index (χ0n) is 14.6. The molecule has 3 heteroatoms. The van der Waals surface area contributed by atoms with Crippen LogP contribution in [0.1, 0.15) is 22.7 Å². The van der Waals surface area contributed by atoms with Crippen molar-refractivity contribution in [3.05, 3.63) is 108 Å². The number of amides is 1. The Balaban J connectivity index is 1.76. The van der Waals surface area contributed by atoms with E-state index in [0.29, 0.717) is 0 Å². The van der Waals surface area contributed by atoms with Crippen LogP contribution < -0.4 is 10.1 Å². The minimum atomic E-state index is -0.189. The van der Waals surface area contributed by atoms with Gasteiger partial charge < -0.3 is 10.1 Å². The molecule has 0 fully saturated rings. The van der Waals surface area contributed by atoms with E-state index in [1.807, 2.05) is 84.9 Å². The van der Waals surface area contributed by atoms with Crippen molar-refractivity contribution >= 4 is 12.0 Å². The number of carbonyl (C=O) groups is 1. The quantitative estimate of drug-likeness (QED) is 0.664. The number of ether oxygens (including phenoxy) is 1. The molecule has 1 amide bonds. The second kappa shape index (κ2) is 8.67. The number of rotatable bonds is 6. The smallest absolute Gasteiger partial charge is 0.244 e. The standard InChI is InChI=1S/C23H21NO2/c1-26-21-15-12-18(13-16-21)14-17-22(25)24-23(19-8-4-2-5-9-19)20-10-6-3-7-11-20/h2-17,23H,1H3,(H,24,25). The number of methoxy groups -OCH3 is 1. The molecule has 3 aromatic rings. The van der Waals surface area contributed by atoms with Crippen LogP contribution in [-0.4, -0.2) is 13.0 Å². The van der Waals surface area contributed by atoms with Crippen LogP contribution in [0.4, 0.5) is 0 Å². The highest BCUT2D eigenvalue weighted by atomic mass is 16.5. The summed E-state index contributed by atoms with van der Waals surface area (Å²) in [4.78, 5) is 12.5. The van der Waals surface area contributed by atoms with Crippen LogP contribution in [0.15, 0.2) is 91.0 Å². The van der Waals surface area contributed by atoms with Crippen LogP contribution in [0.3, 0.4) is 0 Å². The van der Waals surface area contributed by atoms with Crippen molar-refractivity contribution < 1.29 is 9.53 Å². The van der Waals surface area contributed by atoms with Crippen LogP contribution in [0.25, 0.3) is 6.08 Å². The van der Waals surface area contributed by atoms with E-state index < -0.39 is 0 Å². The SMILES string of the molecule is COc1ccc(C=CC(=O)NC(c2ccccc2)c2ccccc2)cc1. The molecule has 0 heterocycles. The van der Waals surface area contributed by atoms with Gasteiger partial charge in [0.05, 0.1) is 13.2 Å². The summed E-state index contributed by atoms with van der Waals surface area (Å²) in [6.07, 6.45) is 3.35. The van der Waals surface area contributed by atoms with E-state index in [0.717, 1.165) is 22.4 Å². The fraction of sp³-hybridized carbons (Fsp3) is 0.0870. The number of hydrogen-bond acceptors (Lipinski definition) is 2. The van der Waals surface area contributed by atoms with Crippen molar-refractivity contribution in [2.24, 2.45) is 0 Å². The van der Waals surface area contributed by atoms with Gasteiger partial charge in [-0.25, -0.2) is 0 Å². The fourth-order valence-corrected chi connectivity index (χ4v) is 2.73. The first kappa shape index (κ1) is 17.5. The van der Waals surface area contributed by atoms with Gasteiger partial charge in [-0.3, -0.25) is 4.79 Å². The maximum absolute atomic E-state index is 12.5. The van der Waals surface area contributed by atoms with E-state index in [1.54, 1.807) is 19.3 Å². The second-order valence-electron chi connectivity index (χ2n) is 5.87. The zero-order valence-corrected chi connectivity index (χ0v) is 14.6. The molecular formula is C23H21NO2. The summed E-state index contributed by atoms with van der Waals surface area (Å²) in [5.41, 5.74) is 3.03. The molecule has 0 aliphatic rings. The highest BCUT2D eigenvalue weighted by Crippen LogP contribution is 2.21. The molecule has 0 bridgehead atoms. The first-order valence-corrected chi connectivity index (χ1v) is 8.49. The summed E-state index contributed by atoms with van der Waals surface area (Å²) < 4.78 is 5.14. The lowest BCUT2D eigenvalue weighted by molar-refractivity contribution is -0.116. The third kappa shape index (κ3) is 4.61. The molecule has 0 saturated carbocycles. The Morgan fingerprint density at radius 2 is 1.38 bits per heavy atom. The van der Waals surface area contributed by atoms with E-state index in [2.05, 4.69) is 5.32 Å². The van der Waals surface area contributed by atoms with Crippen LogP contribution in [0.5, 0.6) is 5.75 Å². The van der Waals surface area contributed by atoms with Gasteiger partial charge in [-0.2, -0.15) is 0 Å². The molecule has 0 spiro atoms. The Kier molecular flexibility index (Phi) is 5.84. The van der Waals surface area contributed by atoms with Gasteiger partial charge in [-0.1, -0.05) is 72.8 Å². The average Bonchev–Trinajstić information content (AvgIpc) is 2.72. The van der Waals surface area contributed by atoms with Crippen LogP contribution >= 0.6 is 0 Å². The molecule has 3 nitrogen and oxygen atoms in total. The van der Waals surface area contributed by atoms with Gasteiger partial charge in [-0.05, 0) is 34.9 Å². The summed E-state index contributed by atoms with van der Waals surface area (Å²) in [5, 5.41) is 3.09. The normalized spacial score (nSPS) is 10.8. The van der Waals surface area contributed by atoms with Gasteiger partial charge in [0.25, 0.3) is 0 Å². The first-order chi connectivity index (χ1) is 12.8. The van der Waals surface area contributed by atoms with E-state index in [-0.39, 0.29) is 11.9 Å². The molecule has 0 aliphatic heterocycles. The average molecular weight is 343 g/mol. The molecule has 1 N–H and O–H groups in total. The lowest BCUT2D eigenvalue weighted by atomic mass is 9.98. The Bertz CT molecular complexity index is 816. The lowest BCUT2D eigenvalue weighted by Gasteiger charge is -2.19. The molecule has 3 rings (SSSR count). The lowest BCUT2D eigenvalue weighted by Crippen LogP contribution is -2.27. The molecular weight excluding hydrogens is 322 g/mol. The molecule has 3 aromatic carbocycles. The van der Waals surface area contributed by atoms with E-state index in [9.17, 15) is 4.79 Å². The van der Waals surface area contributed by atoms with Crippen LogP contribution in [-0.2, 0) is 4.79 Å². The Labute approximate surface area is 154 Å². The summed E-state index contributed by atoms with van der Waals surface area (Å²) in [6, 6.07) is 27.3. The monoisotopic (exact) mass is 343 g/mol. The highest BCUT2D eigenvalue weighted by molar-refractivity contribution is 5.92. The van der Waals surface area contributed by atoms with E-state index in [1.165, 1.54) is 0 Å². The van der Waals surface area contributed by atoms with Crippen molar-refractivity contribution in [3.8, 4) is 5.75 Å². The predicted octanol–water partition coefficient (Wildman–Crippen LogP) is 4.61. The molecule has 0 aliphatic carbocycles. The Hall–Kier alpha value is -3.33. The van der Waals surface area contributed by atoms with Gasteiger partial charge in [0.2, 0.25) is 5.91 Å². The molecule has 26 heavy (non-hydrogen) atoms. The van der Waals surface area contributed by atoms with E-state index >= 15 is 0 Å². The molecule has 0 unspecified atom stereocenters. The van der Waals surface area contributed by atoms with Crippen LogP contribution in [0.2, 0.25) is 0 Å². The maximum atomic E-state index is 12.5. The zero-order chi connectivity index (χ0) is 18.2. The topological polar surface area (TPSA) is 38.3 Å². The molecule has 0 atom stereocenters. The van der Waals surface area contributed by atoms with Crippen molar-refractivity contribution in [1.29, 1.82) is 0 Å². The second-order valence-corrected chi connectivity index (χ2v) is 5.87. The maximum Gasteiger partial charge on any atom is 0.244 e. The van der Waals surface area contributed by atoms with Crippen molar-refractivity contribution in [2.45, 2.75) is 6.04 Å². The minimum Gasteiger partial charge on any atom is -0.497 e.